The van der Waals surface area contributed by atoms with Gasteiger partial charge in [0.1, 0.15) is 0 Å². The zero-order chi connectivity index (χ0) is 13.2. The van der Waals surface area contributed by atoms with E-state index >= 15 is 0 Å². The van der Waals surface area contributed by atoms with Gasteiger partial charge in [0.2, 0.25) is 0 Å². The molecule has 1 aromatic rings. The zero-order valence-corrected chi connectivity index (χ0v) is 10.8. The van der Waals surface area contributed by atoms with Crippen LogP contribution < -0.4 is 16.0 Å². The number of aromatic nitrogens is 2. The first-order valence-electron chi connectivity index (χ1n) is 6.24. The van der Waals surface area contributed by atoms with Crippen LogP contribution in [0.5, 0.6) is 0 Å². The highest BCUT2D eigenvalue weighted by Gasteiger charge is 2.38. The third-order valence-corrected chi connectivity index (χ3v) is 3.26. The van der Waals surface area contributed by atoms with E-state index in [9.17, 15) is 4.79 Å². The van der Waals surface area contributed by atoms with Gasteiger partial charge < -0.3 is 16.0 Å². The molecule has 1 aromatic heterocycles. The number of hydrogen-bond donors (Lipinski definition) is 2. The van der Waals surface area contributed by atoms with Gasteiger partial charge >= 0.3 is 0 Å². The lowest BCUT2D eigenvalue weighted by molar-refractivity contribution is 0.0950. The Morgan fingerprint density at radius 1 is 1.44 bits per heavy atom. The molecule has 1 fully saturated rings. The fourth-order valence-electron chi connectivity index (χ4n) is 1.97. The third-order valence-electron chi connectivity index (χ3n) is 3.26. The standard InChI is InChI=1S/C12H19N5O/c1-3-12(13)7-17(8-12)10-6-5-9(15-16-10)11(18)14-4-2/h5-6H,3-4,7-8,13H2,1-2H3,(H,14,18). The van der Waals surface area contributed by atoms with Crippen LogP contribution in [0.4, 0.5) is 5.82 Å². The summed E-state index contributed by atoms with van der Waals surface area (Å²) in [6.45, 7) is 6.12. The first-order valence-corrected chi connectivity index (χ1v) is 6.24. The molecule has 0 aliphatic carbocycles. The second kappa shape index (κ2) is 4.89. The Kier molecular flexibility index (Phi) is 3.47. The molecule has 1 amide bonds. The lowest BCUT2D eigenvalue weighted by Crippen LogP contribution is -2.67. The minimum atomic E-state index is -0.193. The third kappa shape index (κ3) is 2.43. The van der Waals surface area contributed by atoms with Crippen molar-refractivity contribution < 1.29 is 4.79 Å². The summed E-state index contributed by atoms with van der Waals surface area (Å²) in [5.74, 6) is 0.583. The zero-order valence-electron chi connectivity index (χ0n) is 10.8. The highest BCUT2D eigenvalue weighted by molar-refractivity contribution is 5.92. The number of carbonyl (C=O) groups excluding carboxylic acids is 1. The second-order valence-corrected chi connectivity index (χ2v) is 4.71. The van der Waals surface area contributed by atoms with Crippen LogP contribution in [0, 0.1) is 0 Å². The van der Waals surface area contributed by atoms with Gasteiger partial charge in [-0.1, -0.05) is 6.92 Å². The molecule has 0 aromatic carbocycles. The molecule has 0 unspecified atom stereocenters. The van der Waals surface area contributed by atoms with Gasteiger partial charge in [-0.2, -0.15) is 0 Å². The highest BCUT2D eigenvalue weighted by atomic mass is 16.1. The van der Waals surface area contributed by atoms with Crippen LogP contribution in [0.25, 0.3) is 0 Å². The quantitative estimate of drug-likeness (QED) is 0.793. The van der Waals surface area contributed by atoms with Crippen molar-refractivity contribution in [2.45, 2.75) is 25.8 Å². The van der Waals surface area contributed by atoms with E-state index < -0.39 is 0 Å². The number of amides is 1. The van der Waals surface area contributed by atoms with Crippen molar-refractivity contribution in [3.8, 4) is 0 Å². The number of nitrogens with one attached hydrogen (secondary N) is 1. The lowest BCUT2D eigenvalue weighted by atomic mass is 9.88. The second-order valence-electron chi connectivity index (χ2n) is 4.71. The largest absolute Gasteiger partial charge is 0.351 e. The summed E-state index contributed by atoms with van der Waals surface area (Å²) < 4.78 is 0. The summed E-state index contributed by atoms with van der Waals surface area (Å²) in [6.07, 6.45) is 0.952. The maximum atomic E-state index is 11.5. The van der Waals surface area contributed by atoms with Crippen molar-refractivity contribution in [1.29, 1.82) is 0 Å². The van der Waals surface area contributed by atoms with Crippen molar-refractivity contribution in [3.05, 3.63) is 17.8 Å². The molecule has 2 heterocycles. The van der Waals surface area contributed by atoms with Gasteiger partial charge in [0.25, 0.3) is 5.91 Å². The van der Waals surface area contributed by atoms with E-state index in [1.165, 1.54) is 0 Å². The van der Waals surface area contributed by atoms with E-state index in [4.69, 9.17) is 5.73 Å². The minimum absolute atomic E-state index is 0.0973. The first-order chi connectivity index (χ1) is 8.58. The Labute approximate surface area is 107 Å². The van der Waals surface area contributed by atoms with E-state index in [1.807, 2.05) is 13.0 Å². The Hall–Kier alpha value is -1.69. The number of nitrogens with two attached hydrogens (primary N) is 1. The monoisotopic (exact) mass is 249 g/mol. The van der Waals surface area contributed by atoms with E-state index in [2.05, 4.69) is 27.3 Å². The van der Waals surface area contributed by atoms with Crippen LogP contribution in [-0.2, 0) is 0 Å². The molecule has 0 spiro atoms. The number of nitrogens with zero attached hydrogens (tertiary/aromatic N) is 3. The van der Waals surface area contributed by atoms with Crippen molar-refractivity contribution in [3.63, 3.8) is 0 Å². The van der Waals surface area contributed by atoms with Gasteiger partial charge in [-0.15, -0.1) is 10.2 Å². The van der Waals surface area contributed by atoms with E-state index in [1.54, 1.807) is 6.07 Å². The smallest absolute Gasteiger partial charge is 0.271 e. The summed E-state index contributed by atoms with van der Waals surface area (Å²) >= 11 is 0. The van der Waals surface area contributed by atoms with Gasteiger partial charge in [-0.25, -0.2) is 0 Å². The van der Waals surface area contributed by atoms with Gasteiger partial charge in [-0.05, 0) is 25.5 Å². The topological polar surface area (TPSA) is 84.1 Å². The highest BCUT2D eigenvalue weighted by Crippen LogP contribution is 2.25. The molecular weight excluding hydrogens is 230 g/mol. The molecule has 6 nitrogen and oxygen atoms in total. The molecule has 0 radical (unpaired) electrons. The van der Waals surface area contributed by atoms with Crippen molar-refractivity contribution in [2.75, 3.05) is 24.5 Å². The Balaban J connectivity index is 1.99. The normalized spacial score (nSPS) is 17.2. The van der Waals surface area contributed by atoms with Gasteiger partial charge in [-0.3, -0.25) is 4.79 Å². The van der Waals surface area contributed by atoms with Crippen LogP contribution in [0.1, 0.15) is 30.8 Å². The van der Waals surface area contributed by atoms with Crippen LogP contribution >= 0.6 is 0 Å². The van der Waals surface area contributed by atoms with Crippen molar-refractivity contribution in [1.82, 2.24) is 15.5 Å². The predicted octanol–water partition coefficient (Wildman–Crippen LogP) is 0.154. The lowest BCUT2D eigenvalue weighted by Gasteiger charge is -2.47. The van der Waals surface area contributed by atoms with E-state index in [0.717, 1.165) is 25.3 Å². The summed E-state index contributed by atoms with van der Waals surface area (Å²) in [5, 5.41) is 10.7. The average Bonchev–Trinajstić information content (AvgIpc) is 2.35. The predicted molar refractivity (Wildman–Crippen MR) is 69.5 cm³/mol. The summed E-state index contributed by atoms with van der Waals surface area (Å²) in [6, 6.07) is 3.50. The minimum Gasteiger partial charge on any atom is -0.351 e. The maximum Gasteiger partial charge on any atom is 0.271 e. The molecule has 0 atom stereocenters. The summed E-state index contributed by atoms with van der Waals surface area (Å²) in [4.78, 5) is 13.6. The molecule has 98 valence electrons. The van der Waals surface area contributed by atoms with E-state index in [0.29, 0.717) is 12.2 Å². The van der Waals surface area contributed by atoms with Crippen LogP contribution in [0.15, 0.2) is 12.1 Å². The van der Waals surface area contributed by atoms with Crippen LogP contribution in [0.3, 0.4) is 0 Å². The van der Waals surface area contributed by atoms with E-state index in [-0.39, 0.29) is 11.4 Å². The maximum absolute atomic E-state index is 11.5. The van der Waals surface area contributed by atoms with Crippen molar-refractivity contribution >= 4 is 11.7 Å². The number of hydrogen-bond acceptors (Lipinski definition) is 5. The molecule has 1 aliphatic heterocycles. The number of carbonyl (C=O) groups is 1. The molecule has 1 saturated heterocycles. The molecule has 6 heteroatoms. The van der Waals surface area contributed by atoms with Crippen LogP contribution in [0.2, 0.25) is 0 Å². The Morgan fingerprint density at radius 2 is 2.17 bits per heavy atom. The Morgan fingerprint density at radius 3 is 2.67 bits per heavy atom. The molecule has 1 aliphatic rings. The SMILES string of the molecule is CCNC(=O)c1ccc(N2CC(N)(CC)C2)nn1. The summed E-state index contributed by atoms with van der Waals surface area (Å²) in [5.41, 5.74) is 6.34. The fourth-order valence-corrected chi connectivity index (χ4v) is 1.97. The van der Waals surface area contributed by atoms with Gasteiger partial charge in [0, 0.05) is 19.6 Å². The molecule has 2 rings (SSSR count). The molecular formula is C12H19N5O. The molecule has 0 bridgehead atoms. The molecule has 18 heavy (non-hydrogen) atoms. The fraction of sp³-hybridized carbons (Fsp3) is 0.583. The number of anilines is 1. The molecule has 3 N–H and O–H groups in total. The van der Waals surface area contributed by atoms with Crippen LogP contribution in [-0.4, -0.2) is 41.3 Å². The van der Waals surface area contributed by atoms with Gasteiger partial charge in [0.05, 0.1) is 5.54 Å². The van der Waals surface area contributed by atoms with Gasteiger partial charge in [0.15, 0.2) is 11.5 Å². The first kappa shape index (κ1) is 12.8. The van der Waals surface area contributed by atoms with Crippen molar-refractivity contribution in [2.24, 2.45) is 5.73 Å². The average molecular weight is 249 g/mol. The Bertz CT molecular complexity index is 425. The molecule has 0 saturated carbocycles. The number of rotatable bonds is 4. The summed E-state index contributed by atoms with van der Waals surface area (Å²) in [7, 11) is 0.